The predicted molar refractivity (Wildman–Crippen MR) is 145 cm³/mol. The van der Waals surface area contributed by atoms with Gasteiger partial charge in [-0.3, -0.25) is 9.20 Å². The predicted octanol–water partition coefficient (Wildman–Crippen LogP) is 6.25. The van der Waals surface area contributed by atoms with Crippen LogP contribution in [0.1, 0.15) is 61.0 Å². The molecule has 8 nitrogen and oxygen atoms in total. The highest BCUT2D eigenvalue weighted by Crippen LogP contribution is 2.47. The summed E-state index contributed by atoms with van der Waals surface area (Å²) in [6.45, 7) is 3.74. The van der Waals surface area contributed by atoms with Crippen LogP contribution in [0.25, 0.3) is 27.5 Å². The van der Waals surface area contributed by atoms with Crippen LogP contribution in [-0.4, -0.2) is 30.5 Å². The van der Waals surface area contributed by atoms with E-state index < -0.39 is 23.3 Å². The lowest BCUT2D eigenvalue weighted by Gasteiger charge is -2.35. The number of imidazole rings is 1. The Kier molecular flexibility index (Phi) is 5.65. The van der Waals surface area contributed by atoms with Gasteiger partial charge in [0.1, 0.15) is 27.7 Å². The molecule has 1 aromatic carbocycles. The van der Waals surface area contributed by atoms with Crippen LogP contribution in [0.15, 0.2) is 46.4 Å². The zero-order chi connectivity index (χ0) is 27.8. The number of piperidine rings is 1. The molecule has 0 bridgehead atoms. The van der Waals surface area contributed by atoms with Gasteiger partial charge in [-0.25, -0.2) is 18.7 Å². The molecule has 1 N–H and O–H groups in total. The Morgan fingerprint density at radius 2 is 1.95 bits per heavy atom. The molecule has 1 amide bonds. The first-order valence-corrected chi connectivity index (χ1v) is 14.0. The van der Waals surface area contributed by atoms with Crippen LogP contribution in [0, 0.1) is 25.5 Å². The number of rotatable bonds is 5. The van der Waals surface area contributed by atoms with Crippen molar-refractivity contribution in [2.75, 3.05) is 4.90 Å². The van der Waals surface area contributed by atoms with Crippen molar-refractivity contribution in [2.24, 2.45) is 0 Å². The van der Waals surface area contributed by atoms with Gasteiger partial charge in [0.25, 0.3) is 0 Å². The molecule has 1 saturated heterocycles. The van der Waals surface area contributed by atoms with Gasteiger partial charge in [-0.05, 0) is 69.4 Å². The molecule has 1 aliphatic heterocycles. The number of halogens is 2. The molecule has 4 aromatic heterocycles. The second-order valence-electron chi connectivity index (χ2n) is 10.5. The van der Waals surface area contributed by atoms with Crippen molar-refractivity contribution in [2.45, 2.75) is 57.6 Å². The monoisotopic (exact) mass is 561 g/mol. The molecule has 40 heavy (non-hydrogen) atoms. The Hall–Kier alpha value is -3.96. The van der Waals surface area contributed by atoms with E-state index in [0.29, 0.717) is 65.6 Å². The van der Waals surface area contributed by atoms with E-state index in [-0.39, 0.29) is 11.6 Å². The second kappa shape index (κ2) is 9.03. The number of thiazole rings is 1. The third-order valence-corrected chi connectivity index (χ3v) is 8.68. The van der Waals surface area contributed by atoms with E-state index in [4.69, 9.17) is 14.5 Å². The lowest BCUT2D eigenvalue weighted by Crippen LogP contribution is -2.38. The summed E-state index contributed by atoms with van der Waals surface area (Å²) in [6.07, 6.45) is 4.74. The number of nitrogens with zero attached hydrogens (tertiary/aromatic N) is 5. The van der Waals surface area contributed by atoms with E-state index in [9.17, 15) is 18.7 Å². The van der Waals surface area contributed by atoms with Gasteiger partial charge in [0.2, 0.25) is 5.91 Å². The van der Waals surface area contributed by atoms with Gasteiger partial charge in [0, 0.05) is 35.3 Å². The number of aliphatic hydroxyl groups is 1. The number of pyridine rings is 1. The summed E-state index contributed by atoms with van der Waals surface area (Å²) in [5.74, 6) is -1.48. The van der Waals surface area contributed by atoms with E-state index in [1.54, 1.807) is 0 Å². The molecule has 1 unspecified atom stereocenters. The maximum absolute atomic E-state index is 14.3. The van der Waals surface area contributed by atoms with Gasteiger partial charge in [0.05, 0.1) is 23.1 Å². The number of aromatic nitrogens is 4. The molecule has 1 aliphatic carbocycles. The summed E-state index contributed by atoms with van der Waals surface area (Å²) in [5, 5.41) is 17.3. The standard InChI is InChI=1S/C29H25F2N5O3S/c1-15-25(16(2)39-34-15)17-8-11-35-23(12-17)33-26(27(35)28-32-22(14-40-28)29(38)9-10-29)21-4-3-5-24(37)36(21)18-6-7-19(30)20(31)13-18/h6-8,11-14,21,38H,3-5,9-10H2,1-2H3. The van der Waals surface area contributed by atoms with Crippen molar-refractivity contribution in [1.82, 2.24) is 19.5 Å². The van der Waals surface area contributed by atoms with E-state index in [2.05, 4.69) is 5.16 Å². The minimum absolute atomic E-state index is 0.186. The second-order valence-corrected chi connectivity index (χ2v) is 11.4. The minimum atomic E-state index is -1.02. The van der Waals surface area contributed by atoms with Crippen LogP contribution in [0.4, 0.5) is 14.5 Å². The van der Waals surface area contributed by atoms with Crippen LogP contribution in [0.5, 0.6) is 0 Å². The van der Waals surface area contributed by atoms with Crippen molar-refractivity contribution in [1.29, 1.82) is 0 Å². The van der Waals surface area contributed by atoms with E-state index >= 15 is 0 Å². The maximum Gasteiger partial charge on any atom is 0.227 e. The van der Waals surface area contributed by atoms with Gasteiger partial charge in [-0.1, -0.05) is 5.16 Å². The number of hydrogen-bond donors (Lipinski definition) is 1. The fraction of sp³-hybridized carbons (Fsp3) is 0.310. The normalized spacial score (nSPS) is 18.6. The van der Waals surface area contributed by atoms with Gasteiger partial charge in [0.15, 0.2) is 11.6 Å². The van der Waals surface area contributed by atoms with Gasteiger partial charge >= 0.3 is 0 Å². The van der Waals surface area contributed by atoms with E-state index in [1.807, 2.05) is 42.0 Å². The van der Waals surface area contributed by atoms with Crippen LogP contribution in [0.3, 0.4) is 0 Å². The quantitative estimate of drug-likeness (QED) is 0.273. The largest absolute Gasteiger partial charge is 0.384 e. The van der Waals surface area contributed by atoms with Crippen LogP contribution in [-0.2, 0) is 10.4 Å². The van der Waals surface area contributed by atoms with Crippen molar-refractivity contribution in [3.05, 3.63) is 76.4 Å². The first-order valence-electron chi connectivity index (χ1n) is 13.1. The zero-order valence-corrected chi connectivity index (χ0v) is 22.6. The third kappa shape index (κ3) is 3.95. The maximum atomic E-state index is 14.3. The molecule has 5 heterocycles. The Labute approximate surface area is 231 Å². The van der Waals surface area contributed by atoms with Crippen LogP contribution < -0.4 is 4.90 Å². The average molecular weight is 562 g/mol. The van der Waals surface area contributed by atoms with Crippen molar-refractivity contribution in [3.8, 4) is 21.8 Å². The summed E-state index contributed by atoms with van der Waals surface area (Å²) in [6, 6.07) is 6.88. The van der Waals surface area contributed by atoms with Gasteiger partial charge in [-0.15, -0.1) is 11.3 Å². The Morgan fingerprint density at radius 3 is 2.67 bits per heavy atom. The van der Waals surface area contributed by atoms with Crippen molar-refractivity contribution in [3.63, 3.8) is 0 Å². The summed E-state index contributed by atoms with van der Waals surface area (Å²) in [5.41, 5.74) is 4.48. The molecule has 0 radical (unpaired) electrons. The smallest absolute Gasteiger partial charge is 0.227 e. The Balaban J connectivity index is 1.43. The number of anilines is 1. The Bertz CT molecular complexity index is 1790. The fourth-order valence-electron chi connectivity index (χ4n) is 5.62. The summed E-state index contributed by atoms with van der Waals surface area (Å²) < 4.78 is 35.4. The molecule has 11 heteroatoms. The highest BCUT2D eigenvalue weighted by molar-refractivity contribution is 7.13. The van der Waals surface area contributed by atoms with Crippen LogP contribution >= 0.6 is 11.3 Å². The highest BCUT2D eigenvalue weighted by Gasteiger charge is 2.45. The molecule has 2 fully saturated rings. The van der Waals surface area contributed by atoms with Crippen molar-refractivity contribution < 1.29 is 23.2 Å². The van der Waals surface area contributed by atoms with E-state index in [1.165, 1.54) is 22.3 Å². The number of amides is 1. The van der Waals surface area contributed by atoms with Gasteiger partial charge in [-0.2, -0.15) is 0 Å². The number of aryl methyl sites for hydroxylation is 2. The lowest BCUT2D eigenvalue weighted by atomic mass is 9.96. The van der Waals surface area contributed by atoms with Crippen LogP contribution in [0.2, 0.25) is 0 Å². The molecule has 204 valence electrons. The summed E-state index contributed by atoms with van der Waals surface area (Å²) in [7, 11) is 0. The molecule has 5 aromatic rings. The lowest BCUT2D eigenvalue weighted by molar-refractivity contribution is -0.120. The highest BCUT2D eigenvalue weighted by atomic mass is 32.1. The molecule has 1 atom stereocenters. The first-order chi connectivity index (χ1) is 19.2. The SMILES string of the molecule is Cc1noc(C)c1-c1ccn2c(-c3nc(C4(O)CC4)cs3)c(C3CCCC(=O)N3c3ccc(F)c(F)c3)nc2c1. The first kappa shape index (κ1) is 25.0. The molecule has 2 aliphatic rings. The number of benzene rings is 1. The molecule has 0 spiro atoms. The number of carbonyl (C=O) groups is 1. The number of carbonyl (C=O) groups excluding carboxylic acids is 1. The number of fused-ring (bicyclic) bond motifs is 1. The van der Waals surface area contributed by atoms with Gasteiger partial charge < -0.3 is 14.5 Å². The fourth-order valence-corrected chi connectivity index (χ4v) is 6.58. The summed E-state index contributed by atoms with van der Waals surface area (Å²) in [4.78, 5) is 24.6. The minimum Gasteiger partial charge on any atom is -0.384 e. The molecule has 1 saturated carbocycles. The molecular formula is C29H25F2N5O3S. The average Bonchev–Trinajstić information content (AvgIpc) is 3.26. The Morgan fingerprint density at radius 1 is 1.12 bits per heavy atom. The topological polar surface area (TPSA) is 96.8 Å². The third-order valence-electron chi connectivity index (χ3n) is 7.83. The summed E-state index contributed by atoms with van der Waals surface area (Å²) >= 11 is 1.41. The van der Waals surface area contributed by atoms with Crippen molar-refractivity contribution >= 4 is 28.6 Å². The molecule has 7 rings (SSSR count). The number of hydrogen-bond acceptors (Lipinski definition) is 7. The van der Waals surface area contributed by atoms with E-state index in [0.717, 1.165) is 29.0 Å². The molecular weight excluding hydrogens is 536 g/mol. The zero-order valence-electron chi connectivity index (χ0n) is 21.8.